The Morgan fingerprint density at radius 1 is 1.32 bits per heavy atom. The van der Waals surface area contributed by atoms with E-state index < -0.39 is 0 Å². The molecule has 0 atom stereocenters. The van der Waals surface area contributed by atoms with E-state index in [1.807, 2.05) is 37.3 Å². The lowest BCUT2D eigenvalue weighted by molar-refractivity contribution is 0.0998. The van der Waals surface area contributed by atoms with E-state index in [9.17, 15) is 4.79 Å². The summed E-state index contributed by atoms with van der Waals surface area (Å²) in [4.78, 5) is 16.8. The van der Waals surface area contributed by atoms with Crippen LogP contribution in [0.5, 0.6) is 5.75 Å². The highest BCUT2D eigenvalue weighted by atomic mass is 32.1. The second-order valence-corrected chi connectivity index (χ2v) is 6.47. The molecule has 2 aromatic carbocycles. The number of carbonyl (C=O) groups is 1. The van der Waals surface area contributed by atoms with Gasteiger partial charge in [-0.3, -0.25) is 4.79 Å². The molecule has 126 valence electrons. The summed E-state index contributed by atoms with van der Waals surface area (Å²) in [6, 6.07) is 12.8. The van der Waals surface area contributed by atoms with Gasteiger partial charge in [0.15, 0.2) is 10.9 Å². The van der Waals surface area contributed by atoms with Gasteiger partial charge in [0.05, 0.1) is 11.3 Å². The number of nitrogen functional groups attached to an aromatic ring is 1. The SMILES string of the molecule is CCOc1cc(NC(=O)c2cc3ccccc3o2)cc2sc(N)nc12. The second-order valence-electron chi connectivity index (χ2n) is 5.41. The summed E-state index contributed by atoms with van der Waals surface area (Å²) in [5, 5.41) is 4.18. The van der Waals surface area contributed by atoms with Crippen molar-refractivity contribution in [1.29, 1.82) is 0 Å². The summed E-state index contributed by atoms with van der Waals surface area (Å²) in [7, 11) is 0. The Morgan fingerprint density at radius 3 is 2.96 bits per heavy atom. The van der Waals surface area contributed by atoms with Gasteiger partial charge in [-0.05, 0) is 25.1 Å². The summed E-state index contributed by atoms with van der Waals surface area (Å²) < 4.78 is 12.1. The van der Waals surface area contributed by atoms with Gasteiger partial charge in [0, 0.05) is 17.1 Å². The summed E-state index contributed by atoms with van der Waals surface area (Å²) in [6.45, 7) is 2.38. The van der Waals surface area contributed by atoms with Crippen molar-refractivity contribution in [2.24, 2.45) is 0 Å². The Hall–Kier alpha value is -3.06. The van der Waals surface area contributed by atoms with Crippen LogP contribution < -0.4 is 15.8 Å². The predicted octanol–water partition coefficient (Wildman–Crippen LogP) is 4.28. The van der Waals surface area contributed by atoms with E-state index in [0.717, 1.165) is 10.1 Å². The fourth-order valence-corrected chi connectivity index (χ4v) is 3.43. The number of aromatic nitrogens is 1. The van der Waals surface area contributed by atoms with E-state index in [0.29, 0.717) is 34.3 Å². The van der Waals surface area contributed by atoms with Gasteiger partial charge in [-0.15, -0.1) is 0 Å². The average Bonchev–Trinajstić information content (AvgIpc) is 3.18. The Balaban J connectivity index is 1.68. The number of furan rings is 1. The van der Waals surface area contributed by atoms with Gasteiger partial charge < -0.3 is 20.2 Å². The van der Waals surface area contributed by atoms with Crippen LogP contribution in [0.4, 0.5) is 10.8 Å². The van der Waals surface area contributed by atoms with Gasteiger partial charge in [0.2, 0.25) is 0 Å². The lowest BCUT2D eigenvalue weighted by Gasteiger charge is -2.08. The number of fused-ring (bicyclic) bond motifs is 2. The van der Waals surface area contributed by atoms with E-state index >= 15 is 0 Å². The van der Waals surface area contributed by atoms with Crippen molar-refractivity contribution in [2.75, 3.05) is 17.7 Å². The lowest BCUT2D eigenvalue weighted by atomic mass is 10.2. The first-order chi connectivity index (χ1) is 12.1. The Kier molecular flexibility index (Phi) is 3.77. The summed E-state index contributed by atoms with van der Waals surface area (Å²) >= 11 is 1.34. The number of hydrogen-bond donors (Lipinski definition) is 2. The summed E-state index contributed by atoms with van der Waals surface area (Å²) in [6.07, 6.45) is 0. The molecule has 0 aliphatic carbocycles. The second kappa shape index (κ2) is 6.10. The maximum absolute atomic E-state index is 12.5. The van der Waals surface area contributed by atoms with Crippen molar-refractivity contribution >= 4 is 49.2 Å². The molecule has 6 nitrogen and oxygen atoms in total. The minimum atomic E-state index is -0.324. The molecule has 0 spiro atoms. The van der Waals surface area contributed by atoms with Gasteiger partial charge >= 0.3 is 0 Å². The first kappa shape index (κ1) is 15.5. The molecule has 0 fully saturated rings. The Bertz CT molecular complexity index is 1050. The zero-order chi connectivity index (χ0) is 17.4. The van der Waals surface area contributed by atoms with Crippen LogP contribution >= 0.6 is 11.3 Å². The van der Waals surface area contributed by atoms with Crippen LogP contribution in [0.2, 0.25) is 0 Å². The number of hydrogen-bond acceptors (Lipinski definition) is 6. The number of nitrogens with two attached hydrogens (primary N) is 1. The van der Waals surface area contributed by atoms with Gasteiger partial charge in [-0.2, -0.15) is 0 Å². The van der Waals surface area contributed by atoms with E-state index in [2.05, 4.69) is 10.3 Å². The van der Waals surface area contributed by atoms with E-state index in [-0.39, 0.29) is 11.7 Å². The van der Waals surface area contributed by atoms with Crippen molar-refractivity contribution in [1.82, 2.24) is 4.98 Å². The molecule has 25 heavy (non-hydrogen) atoms. The molecule has 0 aliphatic heterocycles. The molecule has 0 aliphatic rings. The molecule has 1 amide bonds. The van der Waals surface area contributed by atoms with Crippen molar-refractivity contribution in [3.05, 3.63) is 48.2 Å². The van der Waals surface area contributed by atoms with Gasteiger partial charge in [0.25, 0.3) is 5.91 Å². The first-order valence-corrected chi connectivity index (χ1v) is 8.58. The van der Waals surface area contributed by atoms with Crippen LogP contribution in [0.1, 0.15) is 17.5 Å². The first-order valence-electron chi connectivity index (χ1n) is 7.77. The zero-order valence-electron chi connectivity index (χ0n) is 13.4. The van der Waals surface area contributed by atoms with E-state index in [4.69, 9.17) is 14.9 Å². The third kappa shape index (κ3) is 2.89. The van der Waals surface area contributed by atoms with Crippen molar-refractivity contribution in [2.45, 2.75) is 6.92 Å². The molecule has 7 heteroatoms. The number of amides is 1. The van der Waals surface area contributed by atoms with E-state index in [1.165, 1.54) is 11.3 Å². The summed E-state index contributed by atoms with van der Waals surface area (Å²) in [5.74, 6) is 0.520. The average molecular weight is 353 g/mol. The van der Waals surface area contributed by atoms with Crippen LogP contribution in [0.3, 0.4) is 0 Å². The molecule has 0 saturated carbocycles. The fraction of sp³-hybridized carbons (Fsp3) is 0.111. The van der Waals surface area contributed by atoms with Crippen LogP contribution in [0, 0.1) is 0 Å². The number of benzene rings is 2. The maximum atomic E-state index is 12.5. The quantitative estimate of drug-likeness (QED) is 0.571. The number of ether oxygens (including phenoxy) is 1. The standard InChI is InChI=1S/C18H15N3O3S/c1-2-23-13-8-11(9-15-16(13)21-18(19)25-15)20-17(22)14-7-10-5-3-4-6-12(10)24-14/h3-9H,2H2,1H3,(H2,19,21)(H,20,22). The Morgan fingerprint density at radius 2 is 2.16 bits per heavy atom. The maximum Gasteiger partial charge on any atom is 0.291 e. The molecule has 0 unspecified atom stereocenters. The number of thiazole rings is 1. The van der Waals surface area contributed by atoms with Crippen LogP contribution in [-0.4, -0.2) is 17.5 Å². The third-order valence-corrected chi connectivity index (χ3v) is 4.52. The van der Waals surface area contributed by atoms with Gasteiger partial charge in [-0.25, -0.2) is 4.98 Å². The van der Waals surface area contributed by atoms with Gasteiger partial charge in [-0.1, -0.05) is 29.5 Å². The monoisotopic (exact) mass is 353 g/mol. The highest BCUT2D eigenvalue weighted by molar-refractivity contribution is 7.22. The highest BCUT2D eigenvalue weighted by Crippen LogP contribution is 2.34. The molecule has 4 aromatic rings. The zero-order valence-corrected chi connectivity index (χ0v) is 14.2. The molecule has 2 aromatic heterocycles. The Labute approximate surface area is 147 Å². The minimum absolute atomic E-state index is 0.253. The van der Waals surface area contributed by atoms with E-state index in [1.54, 1.807) is 12.1 Å². The molecule has 0 saturated heterocycles. The lowest BCUT2D eigenvalue weighted by Crippen LogP contribution is -2.11. The molecule has 0 bridgehead atoms. The van der Waals surface area contributed by atoms with Gasteiger partial charge in [0.1, 0.15) is 16.8 Å². The van der Waals surface area contributed by atoms with Crippen LogP contribution in [0.15, 0.2) is 46.9 Å². The fourth-order valence-electron chi connectivity index (χ4n) is 2.64. The molecule has 0 radical (unpaired) electrons. The number of nitrogens with one attached hydrogen (secondary N) is 1. The number of anilines is 2. The van der Waals surface area contributed by atoms with Crippen molar-refractivity contribution < 1.29 is 13.9 Å². The van der Waals surface area contributed by atoms with Crippen molar-refractivity contribution in [3.8, 4) is 5.75 Å². The third-order valence-electron chi connectivity index (χ3n) is 3.68. The predicted molar refractivity (Wildman–Crippen MR) is 99.4 cm³/mol. The minimum Gasteiger partial charge on any atom is -0.491 e. The normalized spacial score (nSPS) is 11.1. The smallest absolute Gasteiger partial charge is 0.291 e. The number of rotatable bonds is 4. The molecular weight excluding hydrogens is 338 g/mol. The van der Waals surface area contributed by atoms with Crippen molar-refractivity contribution in [3.63, 3.8) is 0 Å². The largest absolute Gasteiger partial charge is 0.491 e. The number of para-hydroxylation sites is 1. The highest BCUT2D eigenvalue weighted by Gasteiger charge is 2.15. The molecule has 2 heterocycles. The number of nitrogens with zero attached hydrogens (tertiary/aromatic N) is 1. The number of carbonyl (C=O) groups excluding carboxylic acids is 1. The van der Waals surface area contributed by atoms with Crippen LogP contribution in [-0.2, 0) is 0 Å². The molecular formula is C18H15N3O3S. The molecule has 4 rings (SSSR count). The topological polar surface area (TPSA) is 90.4 Å². The summed E-state index contributed by atoms with van der Waals surface area (Å²) in [5.41, 5.74) is 7.77. The molecule has 3 N–H and O–H groups in total. The van der Waals surface area contributed by atoms with Crippen LogP contribution in [0.25, 0.3) is 21.2 Å².